The van der Waals surface area contributed by atoms with Crippen molar-refractivity contribution in [3.8, 4) is 0 Å². The zero-order chi connectivity index (χ0) is 22.6. The summed E-state index contributed by atoms with van der Waals surface area (Å²) >= 11 is 6.16. The molecule has 0 atom stereocenters. The van der Waals surface area contributed by atoms with Crippen LogP contribution in [0.2, 0.25) is 5.02 Å². The largest absolute Gasteiger partial charge is 0.324 e. The van der Waals surface area contributed by atoms with Crippen molar-refractivity contribution in [2.24, 2.45) is 0 Å². The monoisotopic (exact) mass is 456 g/mol. The third-order valence-corrected chi connectivity index (χ3v) is 7.02. The van der Waals surface area contributed by atoms with Crippen molar-refractivity contribution >= 4 is 38.9 Å². The molecule has 1 amide bonds. The number of nitrogens with one attached hydrogen (secondary N) is 1. The Kier molecular flexibility index (Phi) is 7.03. The predicted molar refractivity (Wildman–Crippen MR) is 126 cm³/mol. The Morgan fingerprint density at radius 3 is 2.35 bits per heavy atom. The van der Waals surface area contributed by atoms with Gasteiger partial charge in [0.2, 0.25) is 5.91 Å². The third-order valence-electron chi connectivity index (χ3n) is 5.01. The van der Waals surface area contributed by atoms with E-state index in [4.69, 9.17) is 11.6 Å². The Balaban J connectivity index is 2.01. The minimum Gasteiger partial charge on any atom is -0.324 e. The minimum atomic E-state index is -4.00. The van der Waals surface area contributed by atoms with Gasteiger partial charge in [-0.2, -0.15) is 0 Å². The van der Waals surface area contributed by atoms with Crippen molar-refractivity contribution in [2.45, 2.75) is 32.1 Å². The molecular weight excluding hydrogens is 432 g/mol. The van der Waals surface area contributed by atoms with Gasteiger partial charge in [0.05, 0.1) is 10.6 Å². The van der Waals surface area contributed by atoms with Gasteiger partial charge in [-0.05, 0) is 61.7 Å². The highest BCUT2D eigenvalue weighted by Gasteiger charge is 2.28. The highest BCUT2D eigenvalue weighted by atomic mass is 35.5. The number of rotatable bonds is 7. The number of hydrogen-bond donors (Lipinski definition) is 1. The van der Waals surface area contributed by atoms with Gasteiger partial charge in [0.1, 0.15) is 6.54 Å². The molecule has 0 saturated heterocycles. The molecule has 0 aromatic heterocycles. The number of aryl methyl sites for hydroxylation is 3. The summed E-state index contributed by atoms with van der Waals surface area (Å²) in [6.45, 7) is 5.28. The van der Waals surface area contributed by atoms with Gasteiger partial charge in [0.25, 0.3) is 10.0 Å². The van der Waals surface area contributed by atoms with Crippen LogP contribution in [0.3, 0.4) is 0 Å². The lowest BCUT2D eigenvalue weighted by atomic mass is 10.1. The minimum absolute atomic E-state index is 0.110. The van der Waals surface area contributed by atoms with Crippen LogP contribution in [0.25, 0.3) is 0 Å². The maximum Gasteiger partial charge on any atom is 0.264 e. The highest BCUT2D eigenvalue weighted by Crippen LogP contribution is 2.30. The summed E-state index contributed by atoms with van der Waals surface area (Å²) in [5.74, 6) is -0.434. The molecule has 0 aliphatic carbocycles. The van der Waals surface area contributed by atoms with E-state index in [1.807, 2.05) is 32.0 Å². The highest BCUT2D eigenvalue weighted by molar-refractivity contribution is 7.92. The molecule has 0 unspecified atom stereocenters. The summed E-state index contributed by atoms with van der Waals surface area (Å²) in [5, 5.41) is 3.24. The number of nitrogens with zero attached hydrogens (tertiary/aromatic N) is 1. The van der Waals surface area contributed by atoms with Gasteiger partial charge < -0.3 is 5.32 Å². The Morgan fingerprint density at radius 2 is 1.68 bits per heavy atom. The normalized spacial score (nSPS) is 11.2. The lowest BCUT2D eigenvalue weighted by Gasteiger charge is -2.26. The van der Waals surface area contributed by atoms with Gasteiger partial charge in [-0.15, -0.1) is 0 Å². The average molecular weight is 457 g/mol. The second-order valence-electron chi connectivity index (χ2n) is 7.31. The molecule has 0 spiro atoms. The number of carbonyl (C=O) groups is 1. The summed E-state index contributed by atoms with van der Waals surface area (Å²) in [6, 6.07) is 19.0. The molecule has 3 rings (SSSR count). The van der Waals surface area contributed by atoms with Crippen LogP contribution >= 0.6 is 11.6 Å². The number of halogens is 1. The molecule has 0 bridgehead atoms. The maximum absolute atomic E-state index is 13.5. The molecule has 0 aliphatic heterocycles. The van der Waals surface area contributed by atoms with Gasteiger partial charge >= 0.3 is 0 Å². The third kappa shape index (κ3) is 5.27. The van der Waals surface area contributed by atoms with E-state index < -0.39 is 15.9 Å². The number of sulfonamides is 1. The van der Waals surface area contributed by atoms with Crippen molar-refractivity contribution in [3.05, 3.63) is 88.4 Å². The van der Waals surface area contributed by atoms with E-state index in [9.17, 15) is 13.2 Å². The first-order valence-corrected chi connectivity index (χ1v) is 11.8. The molecular formula is C24H25ClN2O3S. The topological polar surface area (TPSA) is 66.5 Å². The summed E-state index contributed by atoms with van der Waals surface area (Å²) in [7, 11) is -4.00. The molecule has 0 fully saturated rings. The molecule has 0 saturated carbocycles. The van der Waals surface area contributed by atoms with E-state index >= 15 is 0 Å². The Morgan fingerprint density at radius 1 is 1.00 bits per heavy atom. The average Bonchev–Trinajstić information content (AvgIpc) is 2.74. The number of amides is 1. The fourth-order valence-corrected chi connectivity index (χ4v) is 4.90. The van der Waals surface area contributed by atoms with Gasteiger partial charge in [-0.1, -0.05) is 60.5 Å². The molecule has 31 heavy (non-hydrogen) atoms. The smallest absolute Gasteiger partial charge is 0.264 e. The van der Waals surface area contributed by atoms with Crippen molar-refractivity contribution in [3.63, 3.8) is 0 Å². The van der Waals surface area contributed by atoms with Crippen LogP contribution in [0.4, 0.5) is 11.4 Å². The van der Waals surface area contributed by atoms with E-state index in [0.29, 0.717) is 22.0 Å². The summed E-state index contributed by atoms with van der Waals surface area (Å²) in [5.41, 5.74) is 3.65. The number of hydrogen-bond acceptors (Lipinski definition) is 3. The maximum atomic E-state index is 13.5. The molecule has 5 nitrogen and oxygen atoms in total. The molecule has 0 radical (unpaired) electrons. The van der Waals surface area contributed by atoms with E-state index in [0.717, 1.165) is 21.9 Å². The Bertz CT molecular complexity index is 1190. The van der Waals surface area contributed by atoms with Gasteiger partial charge in [-0.25, -0.2) is 8.42 Å². The lowest BCUT2D eigenvalue weighted by molar-refractivity contribution is -0.114. The molecule has 3 aromatic carbocycles. The van der Waals surface area contributed by atoms with Crippen molar-refractivity contribution in [1.82, 2.24) is 0 Å². The van der Waals surface area contributed by atoms with Crippen molar-refractivity contribution in [1.29, 1.82) is 0 Å². The lowest BCUT2D eigenvalue weighted by Crippen LogP contribution is -2.38. The van der Waals surface area contributed by atoms with Crippen LogP contribution in [0.5, 0.6) is 0 Å². The number of anilines is 2. The quantitative estimate of drug-likeness (QED) is 0.520. The Hall–Kier alpha value is -2.83. The van der Waals surface area contributed by atoms with Crippen LogP contribution in [0, 0.1) is 13.8 Å². The molecule has 162 valence electrons. The fraction of sp³-hybridized carbons (Fsp3) is 0.208. The number of para-hydroxylation sites is 1. The zero-order valence-corrected chi connectivity index (χ0v) is 19.3. The number of carbonyl (C=O) groups excluding carboxylic acids is 1. The zero-order valence-electron chi connectivity index (χ0n) is 17.7. The van der Waals surface area contributed by atoms with Crippen LogP contribution in [-0.2, 0) is 21.2 Å². The van der Waals surface area contributed by atoms with Gasteiger partial charge in [0.15, 0.2) is 0 Å². The standard InChI is InChI=1S/C24H25ClN2O3S/c1-4-19-7-5-6-8-22(19)26-24(28)16-27(23-15-20(25)12-11-18(23)3)31(29,30)21-13-9-17(2)10-14-21/h5-15H,4,16H2,1-3H3,(H,26,28). The first-order valence-electron chi connectivity index (χ1n) is 9.95. The van der Waals surface area contributed by atoms with E-state index in [2.05, 4.69) is 5.32 Å². The van der Waals surface area contributed by atoms with E-state index in [1.54, 1.807) is 55.5 Å². The molecule has 0 heterocycles. The van der Waals surface area contributed by atoms with Crippen molar-refractivity contribution < 1.29 is 13.2 Å². The Labute approximate surface area is 188 Å². The summed E-state index contributed by atoms with van der Waals surface area (Å²) in [4.78, 5) is 13.1. The first kappa shape index (κ1) is 22.8. The van der Waals surface area contributed by atoms with Crippen LogP contribution < -0.4 is 9.62 Å². The predicted octanol–water partition coefficient (Wildman–Crippen LogP) is 5.35. The van der Waals surface area contributed by atoms with E-state index in [-0.39, 0.29) is 11.4 Å². The molecule has 3 aromatic rings. The molecule has 1 N–H and O–H groups in total. The van der Waals surface area contributed by atoms with Crippen LogP contribution in [0.1, 0.15) is 23.6 Å². The van der Waals surface area contributed by atoms with Crippen LogP contribution in [-0.4, -0.2) is 20.9 Å². The number of benzene rings is 3. The summed E-state index contributed by atoms with van der Waals surface area (Å²) < 4.78 is 28.2. The summed E-state index contributed by atoms with van der Waals surface area (Å²) in [6.07, 6.45) is 0.745. The second kappa shape index (κ2) is 9.54. The fourth-order valence-electron chi connectivity index (χ4n) is 3.26. The second-order valence-corrected chi connectivity index (χ2v) is 9.61. The SMILES string of the molecule is CCc1ccccc1NC(=O)CN(c1cc(Cl)ccc1C)S(=O)(=O)c1ccc(C)cc1. The van der Waals surface area contributed by atoms with Crippen LogP contribution in [0.15, 0.2) is 71.6 Å². The first-order chi connectivity index (χ1) is 14.7. The van der Waals surface area contributed by atoms with Crippen molar-refractivity contribution in [2.75, 3.05) is 16.2 Å². The van der Waals surface area contributed by atoms with Gasteiger partial charge in [0, 0.05) is 10.7 Å². The molecule has 0 aliphatic rings. The van der Waals surface area contributed by atoms with E-state index in [1.165, 1.54) is 0 Å². The molecule has 7 heteroatoms. The van der Waals surface area contributed by atoms with Gasteiger partial charge in [-0.3, -0.25) is 9.10 Å².